The van der Waals surface area contributed by atoms with Crippen LogP contribution in [-0.4, -0.2) is 20.2 Å². The first-order valence-electron chi connectivity index (χ1n) is 6.61. The fourth-order valence-corrected chi connectivity index (χ4v) is 3.44. The molecule has 0 saturated heterocycles. The predicted molar refractivity (Wildman–Crippen MR) is 91.8 cm³/mol. The zero-order chi connectivity index (χ0) is 16.7. The van der Waals surface area contributed by atoms with E-state index in [0.717, 1.165) is 19.2 Å². The molecule has 0 aliphatic heterocycles. The molecule has 0 unspecified atom stereocenters. The molecule has 0 aliphatic rings. The minimum atomic E-state index is -1.14. The number of carbonyl (C=O) groups is 1. The number of hydrogen-bond donors (Lipinski definition) is 1. The highest BCUT2D eigenvalue weighted by Gasteiger charge is 2.17. The van der Waals surface area contributed by atoms with Crippen LogP contribution in [-0.2, 0) is 11.3 Å². The summed E-state index contributed by atoms with van der Waals surface area (Å²) in [6.07, 6.45) is 0. The Morgan fingerprint density at radius 2 is 2.04 bits per heavy atom. The maximum atomic E-state index is 12.7. The first-order chi connectivity index (χ1) is 10.9. The van der Waals surface area contributed by atoms with Crippen LogP contribution in [0, 0.1) is 6.92 Å². The van der Waals surface area contributed by atoms with Gasteiger partial charge in [0.25, 0.3) is 5.56 Å². The molecule has 0 bridgehead atoms. The van der Waals surface area contributed by atoms with Gasteiger partial charge in [0, 0.05) is 4.47 Å². The summed E-state index contributed by atoms with van der Waals surface area (Å²) in [7, 11) is 0. The van der Waals surface area contributed by atoms with Crippen LogP contribution in [0.3, 0.4) is 0 Å². The molecular formula is C15H11BrN2O4S. The van der Waals surface area contributed by atoms with E-state index in [4.69, 9.17) is 5.11 Å². The molecule has 3 aromatic rings. The zero-order valence-electron chi connectivity index (χ0n) is 11.9. The summed E-state index contributed by atoms with van der Waals surface area (Å²) in [6.45, 7) is 1.35. The molecule has 1 aromatic carbocycles. The smallest absolute Gasteiger partial charge is 0.336 e. The van der Waals surface area contributed by atoms with Crippen molar-refractivity contribution in [2.24, 2.45) is 0 Å². The Bertz CT molecular complexity index is 1050. The lowest BCUT2D eigenvalue weighted by atomic mass is 10.2. The second kappa shape index (κ2) is 5.78. The Hall–Kier alpha value is -2.19. The Kier molecular flexibility index (Phi) is 3.95. The largest absolute Gasteiger partial charge is 0.480 e. The van der Waals surface area contributed by atoms with Gasteiger partial charge in [-0.05, 0) is 42.1 Å². The molecule has 6 nitrogen and oxygen atoms in total. The molecule has 2 heterocycles. The highest BCUT2D eigenvalue weighted by molar-refractivity contribution is 9.10. The van der Waals surface area contributed by atoms with Gasteiger partial charge in [-0.15, -0.1) is 11.3 Å². The number of aliphatic carboxylic acids is 1. The molecule has 8 heteroatoms. The van der Waals surface area contributed by atoms with E-state index in [1.807, 2.05) is 6.92 Å². The lowest BCUT2D eigenvalue weighted by Crippen LogP contribution is -2.39. The summed E-state index contributed by atoms with van der Waals surface area (Å²) < 4.78 is 3.33. The maximum absolute atomic E-state index is 12.7. The van der Waals surface area contributed by atoms with Gasteiger partial charge in [-0.3, -0.25) is 14.2 Å². The minimum absolute atomic E-state index is 0.345. The summed E-state index contributed by atoms with van der Waals surface area (Å²) in [5.74, 6) is -1.14. The van der Waals surface area contributed by atoms with E-state index in [-0.39, 0.29) is 0 Å². The fraction of sp³-hybridized carbons (Fsp3) is 0.133. The molecule has 0 fully saturated rings. The second-order valence-electron chi connectivity index (χ2n) is 4.97. The Morgan fingerprint density at radius 1 is 1.30 bits per heavy atom. The Morgan fingerprint density at radius 3 is 2.70 bits per heavy atom. The molecule has 0 saturated carbocycles. The van der Waals surface area contributed by atoms with Gasteiger partial charge in [0.05, 0.1) is 11.2 Å². The fourth-order valence-electron chi connectivity index (χ4n) is 2.37. The van der Waals surface area contributed by atoms with Crippen LogP contribution in [0.15, 0.2) is 43.7 Å². The van der Waals surface area contributed by atoms with Gasteiger partial charge in [0.1, 0.15) is 11.2 Å². The number of carboxylic acids is 1. The molecular weight excluding hydrogens is 384 g/mol. The summed E-state index contributed by atoms with van der Waals surface area (Å²) in [5, 5.41) is 10.7. The van der Waals surface area contributed by atoms with E-state index >= 15 is 0 Å². The number of fused-ring (bicyclic) bond motifs is 1. The number of halogens is 1. The van der Waals surface area contributed by atoms with E-state index in [2.05, 4.69) is 15.9 Å². The number of thiophene rings is 1. The van der Waals surface area contributed by atoms with Crippen molar-refractivity contribution >= 4 is 43.5 Å². The quantitative estimate of drug-likeness (QED) is 0.739. The standard InChI is InChI=1S/C15H11BrN2O4S/c1-8-6-9(2-3-10(8)16)18-14(21)13-11(4-5-23-13)17(15(18)22)7-12(19)20/h2-6H,7H2,1H3,(H,19,20). The van der Waals surface area contributed by atoms with Gasteiger partial charge in [-0.2, -0.15) is 0 Å². The topological polar surface area (TPSA) is 81.3 Å². The van der Waals surface area contributed by atoms with Crippen LogP contribution >= 0.6 is 27.3 Å². The summed E-state index contributed by atoms with van der Waals surface area (Å²) in [5.41, 5.74) is 0.519. The number of benzene rings is 1. The van der Waals surface area contributed by atoms with Gasteiger partial charge >= 0.3 is 11.7 Å². The summed E-state index contributed by atoms with van der Waals surface area (Å²) in [6, 6.07) is 6.68. The molecule has 2 aromatic heterocycles. The molecule has 0 radical (unpaired) electrons. The van der Waals surface area contributed by atoms with Crippen molar-refractivity contribution in [1.29, 1.82) is 0 Å². The number of rotatable bonds is 3. The third-order valence-electron chi connectivity index (χ3n) is 3.45. The monoisotopic (exact) mass is 394 g/mol. The number of hydrogen-bond acceptors (Lipinski definition) is 4. The van der Waals surface area contributed by atoms with Crippen LogP contribution in [0.25, 0.3) is 15.9 Å². The Balaban J connectivity index is 2.40. The van der Waals surface area contributed by atoms with Crippen molar-refractivity contribution in [3.05, 3.63) is 60.5 Å². The van der Waals surface area contributed by atoms with E-state index in [0.29, 0.717) is 15.9 Å². The molecule has 0 atom stereocenters. The first-order valence-corrected chi connectivity index (χ1v) is 8.29. The van der Waals surface area contributed by atoms with Crippen LogP contribution in [0.5, 0.6) is 0 Å². The molecule has 3 rings (SSSR count). The van der Waals surface area contributed by atoms with Crippen LogP contribution in [0.4, 0.5) is 0 Å². The molecule has 1 N–H and O–H groups in total. The van der Waals surface area contributed by atoms with E-state index in [9.17, 15) is 14.4 Å². The van der Waals surface area contributed by atoms with Gasteiger partial charge < -0.3 is 5.11 Å². The lowest BCUT2D eigenvalue weighted by Gasteiger charge is -2.11. The van der Waals surface area contributed by atoms with Crippen LogP contribution < -0.4 is 11.2 Å². The van der Waals surface area contributed by atoms with Crippen molar-refractivity contribution in [1.82, 2.24) is 9.13 Å². The van der Waals surface area contributed by atoms with Crippen molar-refractivity contribution < 1.29 is 9.90 Å². The van der Waals surface area contributed by atoms with Crippen molar-refractivity contribution in [3.8, 4) is 5.69 Å². The van der Waals surface area contributed by atoms with Crippen molar-refractivity contribution in [2.75, 3.05) is 0 Å². The Labute approximate surface area is 142 Å². The second-order valence-corrected chi connectivity index (χ2v) is 6.74. The van der Waals surface area contributed by atoms with Crippen molar-refractivity contribution in [3.63, 3.8) is 0 Å². The number of aryl methyl sites for hydroxylation is 1. The number of aromatic nitrogens is 2. The highest BCUT2D eigenvalue weighted by Crippen LogP contribution is 2.20. The number of nitrogens with zero attached hydrogens (tertiary/aromatic N) is 2. The molecule has 23 heavy (non-hydrogen) atoms. The highest BCUT2D eigenvalue weighted by atomic mass is 79.9. The van der Waals surface area contributed by atoms with Crippen molar-refractivity contribution in [2.45, 2.75) is 13.5 Å². The normalized spacial score (nSPS) is 11.0. The molecule has 118 valence electrons. The zero-order valence-corrected chi connectivity index (χ0v) is 14.3. The number of carboxylic acid groups (broad SMARTS) is 1. The third kappa shape index (κ3) is 2.64. The SMILES string of the molecule is Cc1cc(-n2c(=O)c3sccc3n(CC(=O)O)c2=O)ccc1Br. The van der Waals surface area contributed by atoms with Gasteiger partial charge in [0.2, 0.25) is 0 Å². The van der Waals surface area contributed by atoms with Gasteiger partial charge in [-0.25, -0.2) is 9.36 Å². The van der Waals surface area contributed by atoms with E-state index in [1.54, 1.807) is 29.6 Å². The predicted octanol–water partition coefficient (Wildman–Crippen LogP) is 2.37. The van der Waals surface area contributed by atoms with E-state index in [1.165, 1.54) is 11.3 Å². The molecule has 0 amide bonds. The lowest BCUT2D eigenvalue weighted by molar-refractivity contribution is -0.137. The van der Waals surface area contributed by atoms with E-state index < -0.39 is 23.8 Å². The first kappa shape index (κ1) is 15.7. The van der Waals surface area contributed by atoms with Crippen LogP contribution in [0.2, 0.25) is 0 Å². The van der Waals surface area contributed by atoms with Gasteiger partial charge in [-0.1, -0.05) is 15.9 Å². The molecule has 0 spiro atoms. The van der Waals surface area contributed by atoms with Crippen LogP contribution in [0.1, 0.15) is 5.56 Å². The summed E-state index contributed by atoms with van der Waals surface area (Å²) in [4.78, 5) is 36.4. The minimum Gasteiger partial charge on any atom is -0.480 e. The third-order valence-corrected chi connectivity index (χ3v) is 5.23. The summed E-state index contributed by atoms with van der Waals surface area (Å²) >= 11 is 4.56. The average Bonchev–Trinajstić information content (AvgIpc) is 2.97. The molecule has 0 aliphatic carbocycles. The average molecular weight is 395 g/mol. The van der Waals surface area contributed by atoms with Gasteiger partial charge in [0.15, 0.2) is 0 Å². The maximum Gasteiger partial charge on any atom is 0.336 e.